The lowest BCUT2D eigenvalue weighted by atomic mass is 10.1. The first-order chi connectivity index (χ1) is 16.9. The van der Waals surface area contributed by atoms with Gasteiger partial charge in [0, 0.05) is 11.6 Å². The van der Waals surface area contributed by atoms with Crippen LogP contribution in [0.3, 0.4) is 0 Å². The summed E-state index contributed by atoms with van der Waals surface area (Å²) in [7, 11) is 2.76. The van der Waals surface area contributed by atoms with Crippen LogP contribution >= 0.6 is 0 Å². The molecule has 2 aromatic heterocycles. The molecule has 0 saturated heterocycles. The van der Waals surface area contributed by atoms with Crippen LogP contribution in [0.5, 0.6) is 11.5 Å². The van der Waals surface area contributed by atoms with Crippen molar-refractivity contribution in [3.63, 3.8) is 0 Å². The zero-order valence-corrected chi connectivity index (χ0v) is 18.5. The van der Waals surface area contributed by atoms with Gasteiger partial charge in [0.05, 0.1) is 31.2 Å². The summed E-state index contributed by atoms with van der Waals surface area (Å²) in [5.74, 6) is -0.541. The van der Waals surface area contributed by atoms with E-state index < -0.39 is 40.9 Å². The molecule has 0 aliphatic rings. The van der Waals surface area contributed by atoms with Gasteiger partial charge in [0.1, 0.15) is 0 Å². The van der Waals surface area contributed by atoms with Gasteiger partial charge >= 0.3 is 12.4 Å². The van der Waals surface area contributed by atoms with E-state index in [-0.39, 0.29) is 22.7 Å². The monoisotopic (exact) mass is 510 g/mol. The van der Waals surface area contributed by atoms with Gasteiger partial charge in [-0.2, -0.15) is 31.4 Å². The predicted molar refractivity (Wildman–Crippen MR) is 116 cm³/mol. The second-order valence-corrected chi connectivity index (χ2v) is 7.39. The number of carbonyl (C=O) groups is 1. The second kappa shape index (κ2) is 9.06. The lowest BCUT2D eigenvalue weighted by Crippen LogP contribution is -2.18. The van der Waals surface area contributed by atoms with Crippen LogP contribution in [0.2, 0.25) is 0 Å². The standard InChI is InChI=1S/C23H16F6N4O3/c1-35-17-8-7-12(9-18(17)36-2)15-10-19(23(27,28)29)33-20(30-15)11-16(32-33)21(34)31-14-6-4-3-5-13(14)22(24,25)26/h3-11H,1-2H3,(H,31,34). The molecule has 4 rings (SSSR count). The van der Waals surface area contributed by atoms with Gasteiger partial charge < -0.3 is 14.8 Å². The fourth-order valence-electron chi connectivity index (χ4n) is 3.46. The molecule has 36 heavy (non-hydrogen) atoms. The average Bonchev–Trinajstić information content (AvgIpc) is 3.26. The summed E-state index contributed by atoms with van der Waals surface area (Å²) in [5, 5.41) is 5.71. The highest BCUT2D eigenvalue weighted by molar-refractivity contribution is 6.04. The molecule has 0 bridgehead atoms. The van der Waals surface area contributed by atoms with Crippen molar-refractivity contribution in [1.82, 2.24) is 14.6 Å². The molecule has 0 aliphatic heterocycles. The van der Waals surface area contributed by atoms with Crippen LogP contribution in [0.15, 0.2) is 54.6 Å². The summed E-state index contributed by atoms with van der Waals surface area (Å²) in [5.41, 5.74) is -3.68. The molecule has 0 radical (unpaired) electrons. The topological polar surface area (TPSA) is 77.8 Å². The number of anilines is 1. The molecule has 0 atom stereocenters. The number of rotatable bonds is 5. The van der Waals surface area contributed by atoms with Crippen molar-refractivity contribution in [2.45, 2.75) is 12.4 Å². The Balaban J connectivity index is 1.79. The number of aromatic nitrogens is 3. The van der Waals surface area contributed by atoms with E-state index in [2.05, 4.69) is 15.4 Å². The normalized spacial score (nSPS) is 12.0. The maximum Gasteiger partial charge on any atom is 0.433 e. The molecule has 2 aromatic carbocycles. The van der Waals surface area contributed by atoms with Crippen LogP contribution in [0.25, 0.3) is 16.9 Å². The Bertz CT molecular complexity index is 1450. The maximum absolute atomic E-state index is 13.9. The molecule has 2 heterocycles. The second-order valence-electron chi connectivity index (χ2n) is 7.39. The van der Waals surface area contributed by atoms with E-state index >= 15 is 0 Å². The van der Waals surface area contributed by atoms with Crippen LogP contribution in [-0.2, 0) is 12.4 Å². The molecule has 0 saturated carbocycles. The fraction of sp³-hybridized carbons (Fsp3) is 0.174. The van der Waals surface area contributed by atoms with Crippen LogP contribution in [0, 0.1) is 0 Å². The van der Waals surface area contributed by atoms with Crippen LogP contribution < -0.4 is 14.8 Å². The zero-order valence-electron chi connectivity index (χ0n) is 18.5. The minimum absolute atomic E-state index is 0.106. The number of para-hydroxylation sites is 1. The first-order valence-corrected chi connectivity index (χ1v) is 10.1. The number of nitrogens with zero attached hydrogens (tertiary/aromatic N) is 3. The van der Waals surface area contributed by atoms with Crippen molar-refractivity contribution >= 4 is 17.2 Å². The van der Waals surface area contributed by atoms with E-state index in [9.17, 15) is 31.1 Å². The van der Waals surface area contributed by atoms with E-state index in [0.717, 1.165) is 30.3 Å². The van der Waals surface area contributed by atoms with Crippen molar-refractivity contribution in [2.75, 3.05) is 19.5 Å². The van der Waals surface area contributed by atoms with E-state index in [4.69, 9.17) is 9.47 Å². The Kier molecular flexibility index (Phi) is 6.24. The zero-order chi connectivity index (χ0) is 26.3. The van der Waals surface area contributed by atoms with Crippen molar-refractivity contribution in [3.05, 3.63) is 71.5 Å². The molecule has 188 valence electrons. The van der Waals surface area contributed by atoms with Crippen molar-refractivity contribution < 1.29 is 40.6 Å². The third-order valence-electron chi connectivity index (χ3n) is 5.11. The number of hydrogen-bond donors (Lipinski definition) is 1. The number of carbonyl (C=O) groups excluding carboxylic acids is 1. The van der Waals surface area contributed by atoms with Crippen LogP contribution in [-0.4, -0.2) is 34.7 Å². The van der Waals surface area contributed by atoms with Crippen molar-refractivity contribution in [2.24, 2.45) is 0 Å². The number of alkyl halides is 6. The highest BCUT2D eigenvalue weighted by Crippen LogP contribution is 2.36. The van der Waals surface area contributed by atoms with Gasteiger partial charge in [0.15, 0.2) is 28.5 Å². The molecule has 7 nitrogen and oxygen atoms in total. The molecule has 0 fully saturated rings. The summed E-state index contributed by atoms with van der Waals surface area (Å²) < 4.78 is 92.0. The Morgan fingerprint density at radius 3 is 2.22 bits per heavy atom. The number of methoxy groups -OCH3 is 2. The number of hydrogen-bond acceptors (Lipinski definition) is 5. The van der Waals surface area contributed by atoms with Crippen molar-refractivity contribution in [1.29, 1.82) is 0 Å². The number of nitrogens with one attached hydrogen (secondary N) is 1. The summed E-state index contributed by atoms with van der Waals surface area (Å²) in [6, 6.07) is 10.3. The van der Waals surface area contributed by atoms with Gasteiger partial charge in [-0.15, -0.1) is 0 Å². The van der Waals surface area contributed by atoms with Gasteiger partial charge in [0.2, 0.25) is 0 Å². The van der Waals surface area contributed by atoms with Gasteiger partial charge in [0.25, 0.3) is 5.91 Å². The molecule has 0 aliphatic carbocycles. The third kappa shape index (κ3) is 4.76. The molecule has 13 heteroatoms. The van der Waals surface area contributed by atoms with E-state index in [1.807, 2.05) is 0 Å². The first kappa shape index (κ1) is 24.8. The molecule has 0 unspecified atom stereocenters. The lowest BCUT2D eigenvalue weighted by Gasteiger charge is -2.13. The molecule has 0 spiro atoms. The van der Waals surface area contributed by atoms with Crippen molar-refractivity contribution in [3.8, 4) is 22.8 Å². The molecule has 4 aromatic rings. The van der Waals surface area contributed by atoms with Gasteiger partial charge in [-0.05, 0) is 36.4 Å². The number of benzene rings is 2. The number of fused-ring (bicyclic) bond motifs is 1. The lowest BCUT2D eigenvalue weighted by molar-refractivity contribution is -0.142. The smallest absolute Gasteiger partial charge is 0.433 e. The van der Waals surface area contributed by atoms with Gasteiger partial charge in [-0.25, -0.2) is 9.50 Å². The van der Waals surface area contributed by atoms with Gasteiger partial charge in [-0.3, -0.25) is 4.79 Å². The minimum atomic E-state index is -4.89. The van der Waals surface area contributed by atoms with Crippen LogP contribution in [0.1, 0.15) is 21.7 Å². The highest BCUT2D eigenvalue weighted by Gasteiger charge is 2.36. The quantitative estimate of drug-likeness (QED) is 0.349. The molecule has 1 N–H and O–H groups in total. The SMILES string of the molecule is COc1ccc(-c2cc(C(F)(F)F)n3nc(C(=O)Nc4ccccc4C(F)(F)F)cc3n2)cc1OC. The third-order valence-corrected chi connectivity index (χ3v) is 5.11. The maximum atomic E-state index is 13.9. The largest absolute Gasteiger partial charge is 0.493 e. The Hall–Kier alpha value is -4.29. The van der Waals surface area contributed by atoms with E-state index in [0.29, 0.717) is 10.3 Å². The Morgan fingerprint density at radius 1 is 0.889 bits per heavy atom. The number of amides is 1. The summed E-state index contributed by atoms with van der Waals surface area (Å²) in [6.45, 7) is 0. The molecular formula is C23H16F6N4O3. The minimum Gasteiger partial charge on any atom is -0.493 e. The van der Waals surface area contributed by atoms with Gasteiger partial charge in [-0.1, -0.05) is 12.1 Å². The van der Waals surface area contributed by atoms with E-state index in [1.54, 1.807) is 0 Å². The summed E-state index contributed by atoms with van der Waals surface area (Å²) >= 11 is 0. The predicted octanol–water partition coefficient (Wildman–Crippen LogP) is 5.70. The Labute approximate surface area is 199 Å². The first-order valence-electron chi connectivity index (χ1n) is 10.1. The highest BCUT2D eigenvalue weighted by atomic mass is 19.4. The molecular weight excluding hydrogens is 494 g/mol. The van der Waals surface area contributed by atoms with Crippen LogP contribution in [0.4, 0.5) is 32.0 Å². The average molecular weight is 510 g/mol. The number of halogens is 6. The summed E-state index contributed by atoms with van der Waals surface area (Å²) in [4.78, 5) is 16.8. The van der Waals surface area contributed by atoms with E-state index in [1.165, 1.54) is 38.5 Å². The summed E-state index contributed by atoms with van der Waals surface area (Å²) in [6.07, 6.45) is -9.66. The molecule has 1 amide bonds. The Morgan fingerprint density at radius 2 is 1.58 bits per heavy atom. The fourth-order valence-corrected chi connectivity index (χ4v) is 3.46. The number of ether oxygens (including phenoxy) is 2.